The van der Waals surface area contributed by atoms with E-state index in [1.165, 1.54) is 4.31 Å². The number of rotatable bonds is 4. The Kier molecular flexibility index (Phi) is 4.67. The number of sulfonamides is 1. The monoisotopic (exact) mass is 315 g/mol. The Labute approximate surface area is 124 Å². The molecule has 0 unspecified atom stereocenters. The first-order valence-electron chi connectivity index (χ1n) is 6.97. The zero-order valence-corrected chi connectivity index (χ0v) is 13.4. The Balaban J connectivity index is 2.05. The summed E-state index contributed by atoms with van der Waals surface area (Å²) in [4.78, 5) is 12.3. The van der Waals surface area contributed by atoms with Crippen molar-refractivity contribution in [1.82, 2.24) is 14.8 Å². The molecule has 1 aliphatic rings. The largest absolute Gasteiger partial charge is 0.361 e. The third-order valence-electron chi connectivity index (χ3n) is 3.80. The molecule has 1 fully saturated rings. The number of hydrogen-bond donors (Lipinski definition) is 1. The molecular formula is C13H21N3O4S. The lowest BCUT2D eigenvalue weighted by Gasteiger charge is -2.32. The number of carbonyl (C=O) groups is 1. The molecule has 21 heavy (non-hydrogen) atoms. The first-order chi connectivity index (χ1) is 9.80. The van der Waals surface area contributed by atoms with Crippen molar-refractivity contribution in [3.8, 4) is 0 Å². The zero-order chi connectivity index (χ0) is 15.6. The van der Waals surface area contributed by atoms with E-state index in [4.69, 9.17) is 4.52 Å². The number of carbonyl (C=O) groups excluding carboxylic acids is 1. The summed E-state index contributed by atoms with van der Waals surface area (Å²) in [6.45, 7) is 4.29. The fraction of sp³-hybridized carbons (Fsp3) is 0.692. The number of aromatic nitrogens is 1. The van der Waals surface area contributed by atoms with Crippen molar-refractivity contribution in [2.45, 2.75) is 45.7 Å². The van der Waals surface area contributed by atoms with Crippen LogP contribution < -0.4 is 5.32 Å². The second-order valence-corrected chi connectivity index (χ2v) is 7.34. The molecule has 0 aromatic carbocycles. The average Bonchev–Trinajstić information content (AvgIpc) is 2.74. The smallest absolute Gasteiger partial charge is 0.238 e. The SMILES string of the molecule is Cc1noc(C)c1CNC(=O)[C@H]1CCCCN1S(C)(=O)=O. The van der Waals surface area contributed by atoms with Gasteiger partial charge < -0.3 is 9.84 Å². The maximum atomic E-state index is 12.3. The molecule has 1 aliphatic heterocycles. The number of nitrogens with zero attached hydrogens (tertiary/aromatic N) is 2. The molecule has 0 saturated carbocycles. The van der Waals surface area contributed by atoms with Crippen LogP contribution in [0.5, 0.6) is 0 Å². The Hall–Kier alpha value is -1.41. The molecule has 0 radical (unpaired) electrons. The van der Waals surface area contributed by atoms with Gasteiger partial charge in [-0.2, -0.15) is 4.31 Å². The van der Waals surface area contributed by atoms with Gasteiger partial charge in [0, 0.05) is 18.7 Å². The third-order valence-corrected chi connectivity index (χ3v) is 5.09. The van der Waals surface area contributed by atoms with Crippen molar-refractivity contribution in [2.75, 3.05) is 12.8 Å². The van der Waals surface area contributed by atoms with Gasteiger partial charge in [-0.15, -0.1) is 0 Å². The predicted molar refractivity (Wildman–Crippen MR) is 77.0 cm³/mol. The predicted octanol–water partition coefficient (Wildman–Crippen LogP) is 0.722. The van der Waals surface area contributed by atoms with Crippen molar-refractivity contribution in [3.05, 3.63) is 17.0 Å². The van der Waals surface area contributed by atoms with E-state index in [2.05, 4.69) is 10.5 Å². The molecule has 1 saturated heterocycles. The van der Waals surface area contributed by atoms with E-state index in [0.29, 0.717) is 25.3 Å². The van der Waals surface area contributed by atoms with E-state index in [1.54, 1.807) is 13.8 Å². The van der Waals surface area contributed by atoms with Gasteiger partial charge in [0.05, 0.1) is 11.9 Å². The molecular weight excluding hydrogens is 294 g/mol. The fourth-order valence-electron chi connectivity index (χ4n) is 2.61. The van der Waals surface area contributed by atoms with Crippen LogP contribution in [0.4, 0.5) is 0 Å². The first kappa shape index (κ1) is 16.0. The first-order valence-corrected chi connectivity index (χ1v) is 8.82. The van der Waals surface area contributed by atoms with Gasteiger partial charge in [-0.25, -0.2) is 8.42 Å². The van der Waals surface area contributed by atoms with Gasteiger partial charge in [0.2, 0.25) is 15.9 Å². The van der Waals surface area contributed by atoms with Crippen LogP contribution in [-0.4, -0.2) is 42.6 Å². The van der Waals surface area contributed by atoms with E-state index in [-0.39, 0.29) is 5.91 Å². The Bertz CT molecular complexity index is 604. The molecule has 1 aromatic heterocycles. The van der Waals surface area contributed by atoms with E-state index in [1.807, 2.05) is 0 Å². The van der Waals surface area contributed by atoms with E-state index in [9.17, 15) is 13.2 Å². The number of hydrogen-bond acceptors (Lipinski definition) is 5. The summed E-state index contributed by atoms with van der Waals surface area (Å²) in [5.41, 5.74) is 1.57. The van der Waals surface area contributed by atoms with Crippen LogP contribution in [0.1, 0.15) is 36.3 Å². The van der Waals surface area contributed by atoms with E-state index >= 15 is 0 Å². The average molecular weight is 315 g/mol. The molecule has 1 atom stereocenters. The molecule has 1 amide bonds. The molecule has 8 heteroatoms. The molecule has 2 heterocycles. The number of nitrogens with one attached hydrogen (secondary N) is 1. The fourth-order valence-corrected chi connectivity index (χ4v) is 3.74. The second kappa shape index (κ2) is 6.15. The van der Waals surface area contributed by atoms with E-state index < -0.39 is 16.1 Å². The highest BCUT2D eigenvalue weighted by molar-refractivity contribution is 7.88. The number of piperidine rings is 1. The molecule has 118 valence electrons. The van der Waals surface area contributed by atoms with Gasteiger partial charge in [0.1, 0.15) is 11.8 Å². The van der Waals surface area contributed by atoms with Gasteiger partial charge in [0.15, 0.2) is 0 Å². The highest BCUT2D eigenvalue weighted by Gasteiger charge is 2.34. The molecule has 0 bridgehead atoms. The summed E-state index contributed by atoms with van der Waals surface area (Å²) >= 11 is 0. The second-order valence-electron chi connectivity index (χ2n) is 5.41. The normalized spacial score (nSPS) is 20.4. The van der Waals surface area contributed by atoms with Crippen LogP contribution in [-0.2, 0) is 21.4 Å². The van der Waals surface area contributed by atoms with Crippen molar-refractivity contribution in [3.63, 3.8) is 0 Å². The van der Waals surface area contributed by atoms with Gasteiger partial charge in [-0.05, 0) is 26.7 Å². The van der Waals surface area contributed by atoms with Crippen molar-refractivity contribution in [1.29, 1.82) is 0 Å². The lowest BCUT2D eigenvalue weighted by atomic mass is 10.0. The molecule has 7 nitrogen and oxygen atoms in total. The molecule has 0 spiro atoms. The highest BCUT2D eigenvalue weighted by Crippen LogP contribution is 2.20. The van der Waals surface area contributed by atoms with Gasteiger partial charge in [0.25, 0.3) is 0 Å². The minimum absolute atomic E-state index is 0.264. The van der Waals surface area contributed by atoms with Gasteiger partial charge in [-0.1, -0.05) is 11.6 Å². The quantitative estimate of drug-likeness (QED) is 0.884. The van der Waals surface area contributed by atoms with Crippen LogP contribution in [0.25, 0.3) is 0 Å². The summed E-state index contributed by atoms with van der Waals surface area (Å²) in [7, 11) is -3.37. The summed E-state index contributed by atoms with van der Waals surface area (Å²) in [5.74, 6) is 0.400. The maximum absolute atomic E-state index is 12.3. The Morgan fingerprint density at radius 2 is 2.14 bits per heavy atom. The van der Waals surface area contributed by atoms with Gasteiger partial charge in [-0.3, -0.25) is 4.79 Å². The summed E-state index contributed by atoms with van der Waals surface area (Å²) in [6, 6.07) is -0.616. The third kappa shape index (κ3) is 3.62. The summed E-state index contributed by atoms with van der Waals surface area (Å²) < 4.78 is 29.9. The van der Waals surface area contributed by atoms with Crippen molar-refractivity contribution >= 4 is 15.9 Å². The lowest BCUT2D eigenvalue weighted by molar-refractivity contribution is -0.125. The van der Waals surface area contributed by atoms with Gasteiger partial charge >= 0.3 is 0 Å². The van der Waals surface area contributed by atoms with Crippen molar-refractivity contribution in [2.24, 2.45) is 0 Å². The highest BCUT2D eigenvalue weighted by atomic mass is 32.2. The standard InChI is InChI=1S/C13H21N3O4S/c1-9-11(10(2)20-15-9)8-14-13(17)12-6-4-5-7-16(12)21(3,18)19/h12H,4-8H2,1-3H3,(H,14,17)/t12-/m1/s1. The minimum atomic E-state index is -3.37. The minimum Gasteiger partial charge on any atom is -0.361 e. The topological polar surface area (TPSA) is 92.5 Å². The van der Waals surface area contributed by atoms with Crippen LogP contribution >= 0.6 is 0 Å². The van der Waals surface area contributed by atoms with Crippen LogP contribution in [0, 0.1) is 13.8 Å². The Morgan fingerprint density at radius 3 is 2.71 bits per heavy atom. The lowest BCUT2D eigenvalue weighted by Crippen LogP contribution is -2.51. The summed E-state index contributed by atoms with van der Waals surface area (Å²) in [5, 5.41) is 6.62. The Morgan fingerprint density at radius 1 is 1.43 bits per heavy atom. The summed E-state index contributed by atoms with van der Waals surface area (Å²) in [6.07, 6.45) is 3.35. The molecule has 1 N–H and O–H groups in total. The molecule has 1 aromatic rings. The van der Waals surface area contributed by atoms with Crippen molar-refractivity contribution < 1.29 is 17.7 Å². The zero-order valence-electron chi connectivity index (χ0n) is 12.5. The maximum Gasteiger partial charge on any atom is 0.238 e. The van der Waals surface area contributed by atoms with E-state index in [0.717, 1.165) is 30.4 Å². The van der Waals surface area contributed by atoms with Crippen LogP contribution in [0.3, 0.4) is 0 Å². The molecule has 2 rings (SSSR count). The van der Waals surface area contributed by atoms with Crippen LogP contribution in [0.15, 0.2) is 4.52 Å². The van der Waals surface area contributed by atoms with Crippen LogP contribution in [0.2, 0.25) is 0 Å². The number of aryl methyl sites for hydroxylation is 2. The molecule has 0 aliphatic carbocycles. The number of amides is 1.